The molecule has 5 nitrogen and oxygen atoms in total. The van der Waals surface area contributed by atoms with Gasteiger partial charge < -0.3 is 14.6 Å². The molecule has 1 N–H and O–H groups in total. The molecule has 2 aromatic carbocycles. The van der Waals surface area contributed by atoms with Crippen LogP contribution >= 0.6 is 0 Å². The molecule has 25 heavy (non-hydrogen) atoms. The highest BCUT2D eigenvalue weighted by Crippen LogP contribution is 2.32. The quantitative estimate of drug-likeness (QED) is 0.573. The maximum atomic E-state index is 14.1. The van der Waals surface area contributed by atoms with Crippen LogP contribution in [0.15, 0.2) is 48.7 Å². The number of carbonyl (C=O) groups is 2. The van der Waals surface area contributed by atoms with Crippen LogP contribution in [-0.2, 0) is 11.4 Å². The number of rotatable bonds is 5. The van der Waals surface area contributed by atoms with Crippen molar-refractivity contribution in [3.63, 3.8) is 0 Å². The zero-order valence-corrected chi connectivity index (χ0v) is 13.9. The Morgan fingerprint density at radius 2 is 1.84 bits per heavy atom. The maximum absolute atomic E-state index is 14.1. The molecule has 0 fully saturated rings. The number of benzene rings is 2. The fourth-order valence-corrected chi connectivity index (χ4v) is 2.54. The van der Waals surface area contributed by atoms with E-state index in [0.29, 0.717) is 5.75 Å². The molecule has 0 bridgehead atoms. The average molecular weight is 340 g/mol. The number of ketones is 1. The maximum Gasteiger partial charge on any atom is 0.294 e. The van der Waals surface area contributed by atoms with Gasteiger partial charge in [0.25, 0.3) is 11.7 Å². The van der Waals surface area contributed by atoms with Crippen molar-refractivity contribution in [2.24, 2.45) is 0 Å². The molecular formula is C19H17FN2O3. The molecule has 1 amide bonds. The second-order valence-electron chi connectivity index (χ2n) is 5.80. The molecule has 0 aliphatic carbocycles. The molecule has 3 aromatic rings. The summed E-state index contributed by atoms with van der Waals surface area (Å²) in [7, 11) is 2.98. The number of amides is 1. The highest BCUT2D eigenvalue weighted by Gasteiger charge is 2.24. The number of nitrogens with one attached hydrogen (secondary N) is 1. The number of hydrogen-bond acceptors (Lipinski definition) is 3. The minimum absolute atomic E-state index is 0.0938. The van der Waals surface area contributed by atoms with E-state index in [0.717, 1.165) is 5.56 Å². The van der Waals surface area contributed by atoms with Crippen LogP contribution in [0.3, 0.4) is 0 Å². The van der Waals surface area contributed by atoms with E-state index in [-0.39, 0.29) is 23.1 Å². The molecule has 0 spiro atoms. The van der Waals surface area contributed by atoms with Gasteiger partial charge in [-0.25, -0.2) is 4.39 Å². The molecule has 0 saturated carbocycles. The summed E-state index contributed by atoms with van der Waals surface area (Å²) in [5, 5.41) is 0.274. The first kappa shape index (κ1) is 16.7. The number of aromatic nitrogens is 1. The topological polar surface area (TPSA) is 62.4 Å². The standard InChI is InChI=1S/C19H17FN2O3/c1-22(2)19(24)18(23)13-10-21-17-14(20)8-9-15(16(13)17)25-11-12-6-4-3-5-7-12/h3-10,21H,11H2,1-2H3. The largest absolute Gasteiger partial charge is 0.488 e. The highest BCUT2D eigenvalue weighted by atomic mass is 19.1. The second kappa shape index (κ2) is 6.76. The predicted octanol–water partition coefficient (Wildman–Crippen LogP) is 3.16. The number of likely N-dealkylation sites (N-methyl/N-ethyl adjacent to an activating group) is 1. The minimum Gasteiger partial charge on any atom is -0.488 e. The van der Waals surface area contributed by atoms with E-state index in [1.54, 1.807) is 0 Å². The van der Waals surface area contributed by atoms with Gasteiger partial charge in [-0.2, -0.15) is 0 Å². The first-order valence-corrected chi connectivity index (χ1v) is 7.71. The summed E-state index contributed by atoms with van der Waals surface area (Å²) >= 11 is 0. The van der Waals surface area contributed by atoms with Gasteiger partial charge in [-0.1, -0.05) is 30.3 Å². The van der Waals surface area contributed by atoms with Crippen molar-refractivity contribution in [2.45, 2.75) is 6.61 Å². The summed E-state index contributed by atoms with van der Waals surface area (Å²) in [5.41, 5.74) is 1.17. The Kier molecular flexibility index (Phi) is 4.52. The first-order chi connectivity index (χ1) is 12.0. The van der Waals surface area contributed by atoms with E-state index in [9.17, 15) is 14.0 Å². The van der Waals surface area contributed by atoms with Gasteiger partial charge in [-0.15, -0.1) is 0 Å². The van der Waals surface area contributed by atoms with Crippen molar-refractivity contribution in [2.75, 3.05) is 14.1 Å². The normalized spacial score (nSPS) is 10.7. The van der Waals surface area contributed by atoms with Gasteiger partial charge in [0.05, 0.1) is 16.5 Å². The molecule has 0 saturated heterocycles. The van der Waals surface area contributed by atoms with Crippen LogP contribution in [0.2, 0.25) is 0 Å². The fourth-order valence-electron chi connectivity index (χ4n) is 2.54. The average Bonchev–Trinajstić information content (AvgIpc) is 3.07. The Morgan fingerprint density at radius 1 is 1.12 bits per heavy atom. The molecule has 3 rings (SSSR count). The third-order valence-corrected chi connectivity index (χ3v) is 3.83. The lowest BCUT2D eigenvalue weighted by Crippen LogP contribution is -2.29. The van der Waals surface area contributed by atoms with Crippen molar-refractivity contribution in [3.8, 4) is 5.75 Å². The van der Waals surface area contributed by atoms with Gasteiger partial charge in [0.2, 0.25) is 0 Å². The predicted molar refractivity (Wildman–Crippen MR) is 92.1 cm³/mol. The number of nitrogens with zero attached hydrogens (tertiary/aromatic N) is 1. The molecule has 0 radical (unpaired) electrons. The van der Waals surface area contributed by atoms with Crippen LogP contribution in [0, 0.1) is 5.82 Å². The molecule has 0 aliphatic rings. The van der Waals surface area contributed by atoms with Crippen molar-refractivity contribution >= 4 is 22.6 Å². The van der Waals surface area contributed by atoms with E-state index >= 15 is 0 Å². The van der Waals surface area contributed by atoms with Crippen molar-refractivity contribution in [1.82, 2.24) is 9.88 Å². The summed E-state index contributed by atoms with van der Waals surface area (Å²) in [6, 6.07) is 12.2. The lowest BCUT2D eigenvalue weighted by Gasteiger charge is -2.11. The minimum atomic E-state index is -0.716. The van der Waals surface area contributed by atoms with E-state index < -0.39 is 17.5 Å². The van der Waals surface area contributed by atoms with Crippen LogP contribution in [0.1, 0.15) is 15.9 Å². The number of fused-ring (bicyclic) bond motifs is 1. The van der Waals surface area contributed by atoms with Crippen LogP contribution in [0.25, 0.3) is 10.9 Å². The highest BCUT2D eigenvalue weighted by molar-refractivity contribution is 6.45. The van der Waals surface area contributed by atoms with Crippen LogP contribution in [0.4, 0.5) is 4.39 Å². The van der Waals surface area contributed by atoms with Gasteiger partial charge >= 0.3 is 0 Å². The zero-order valence-electron chi connectivity index (χ0n) is 13.9. The Morgan fingerprint density at radius 3 is 2.52 bits per heavy atom. The van der Waals surface area contributed by atoms with E-state index in [1.807, 2.05) is 30.3 Å². The fraction of sp³-hybridized carbons (Fsp3) is 0.158. The second-order valence-corrected chi connectivity index (χ2v) is 5.80. The summed E-state index contributed by atoms with van der Waals surface area (Å²) < 4.78 is 19.9. The van der Waals surface area contributed by atoms with Crippen molar-refractivity contribution in [3.05, 3.63) is 65.6 Å². The van der Waals surface area contributed by atoms with E-state index in [2.05, 4.69) is 4.98 Å². The van der Waals surface area contributed by atoms with E-state index in [4.69, 9.17) is 4.74 Å². The number of ether oxygens (including phenoxy) is 1. The number of H-pyrrole nitrogens is 1. The molecule has 6 heteroatoms. The SMILES string of the molecule is CN(C)C(=O)C(=O)c1c[nH]c2c(F)ccc(OCc3ccccc3)c12. The lowest BCUT2D eigenvalue weighted by atomic mass is 10.1. The summed E-state index contributed by atoms with van der Waals surface area (Å²) in [5.74, 6) is -1.57. The first-order valence-electron chi connectivity index (χ1n) is 7.71. The Labute approximate surface area is 144 Å². The molecule has 0 unspecified atom stereocenters. The van der Waals surface area contributed by atoms with Gasteiger partial charge in [0, 0.05) is 20.3 Å². The number of hydrogen-bond donors (Lipinski definition) is 1. The van der Waals surface area contributed by atoms with Gasteiger partial charge in [0.15, 0.2) is 0 Å². The zero-order chi connectivity index (χ0) is 18.0. The molecular weight excluding hydrogens is 323 g/mol. The monoisotopic (exact) mass is 340 g/mol. The summed E-state index contributed by atoms with van der Waals surface area (Å²) in [6.07, 6.45) is 1.34. The molecule has 0 aliphatic heterocycles. The number of Topliss-reactive ketones (excluding diaryl/α,β-unsaturated/α-hetero) is 1. The van der Waals surface area contributed by atoms with Crippen LogP contribution in [-0.4, -0.2) is 35.7 Å². The summed E-state index contributed by atoms with van der Waals surface area (Å²) in [6.45, 7) is 0.266. The van der Waals surface area contributed by atoms with Crippen LogP contribution in [0.5, 0.6) is 5.75 Å². The Hall–Kier alpha value is -3.15. The molecule has 1 heterocycles. The van der Waals surface area contributed by atoms with Crippen LogP contribution < -0.4 is 4.74 Å². The molecule has 1 aromatic heterocycles. The smallest absolute Gasteiger partial charge is 0.294 e. The number of halogens is 1. The Bertz CT molecular complexity index is 932. The van der Waals surface area contributed by atoms with E-state index in [1.165, 1.54) is 37.3 Å². The molecule has 0 atom stereocenters. The van der Waals surface area contributed by atoms with Gasteiger partial charge in [-0.05, 0) is 17.7 Å². The third kappa shape index (κ3) is 3.24. The van der Waals surface area contributed by atoms with Gasteiger partial charge in [-0.3, -0.25) is 9.59 Å². The third-order valence-electron chi connectivity index (χ3n) is 3.83. The number of carbonyl (C=O) groups excluding carboxylic acids is 2. The van der Waals surface area contributed by atoms with Gasteiger partial charge in [0.1, 0.15) is 18.2 Å². The van der Waals surface area contributed by atoms with Crippen molar-refractivity contribution in [1.29, 1.82) is 0 Å². The Balaban J connectivity index is 2.01. The lowest BCUT2D eigenvalue weighted by molar-refractivity contribution is -0.124. The molecule has 128 valence electrons. The van der Waals surface area contributed by atoms with Crippen molar-refractivity contribution < 1.29 is 18.7 Å². The number of aromatic amines is 1. The summed E-state index contributed by atoms with van der Waals surface area (Å²) in [4.78, 5) is 28.3.